The summed E-state index contributed by atoms with van der Waals surface area (Å²) in [7, 11) is 0. The van der Waals surface area contributed by atoms with Crippen molar-refractivity contribution in [3.05, 3.63) is 131 Å². The molecule has 41 heavy (non-hydrogen) atoms. The van der Waals surface area contributed by atoms with Crippen LogP contribution < -0.4 is 21.3 Å². The molecular formula is C32H26N8Zn. The van der Waals surface area contributed by atoms with Crippen LogP contribution in [-0.2, 0) is 19.5 Å². The van der Waals surface area contributed by atoms with Crippen LogP contribution in [0.5, 0.6) is 0 Å². The summed E-state index contributed by atoms with van der Waals surface area (Å²) < 4.78 is 0. The van der Waals surface area contributed by atoms with Crippen molar-refractivity contribution in [3.63, 3.8) is 0 Å². The minimum atomic E-state index is -0.281. The Morgan fingerprint density at radius 1 is 0.585 bits per heavy atom. The summed E-state index contributed by atoms with van der Waals surface area (Å²) in [5.74, 6) is 5.63. The van der Waals surface area contributed by atoms with Crippen LogP contribution >= 0.6 is 0 Å². The van der Waals surface area contributed by atoms with E-state index in [1.54, 1.807) is 0 Å². The molecule has 8 bridgehead atoms. The van der Waals surface area contributed by atoms with Crippen LogP contribution in [0.15, 0.2) is 120 Å². The van der Waals surface area contributed by atoms with Gasteiger partial charge in [0.2, 0.25) is 0 Å². The molecular weight excluding hydrogens is 562 g/mol. The maximum Gasteiger partial charge on any atom is 2.00 e. The molecule has 0 saturated carbocycles. The number of hydrogen-bond donors (Lipinski definition) is 6. The Hall–Kier alpha value is -4.62. The van der Waals surface area contributed by atoms with Gasteiger partial charge in [-0.05, 0) is 17.1 Å². The molecule has 0 saturated heterocycles. The van der Waals surface area contributed by atoms with Crippen molar-refractivity contribution in [2.75, 3.05) is 16.0 Å². The molecule has 2 aliphatic carbocycles. The zero-order valence-electron chi connectivity index (χ0n) is 22.1. The molecule has 2 aromatic heterocycles. The van der Waals surface area contributed by atoms with E-state index in [1.165, 1.54) is 5.57 Å². The number of H-pyrrole nitrogens is 2. The molecule has 0 fully saturated rings. The van der Waals surface area contributed by atoms with Crippen LogP contribution in [0.3, 0.4) is 0 Å². The average Bonchev–Trinajstić information content (AvgIpc) is 3.73. The van der Waals surface area contributed by atoms with Crippen LogP contribution in [-0.4, -0.2) is 22.3 Å². The van der Waals surface area contributed by atoms with Crippen LogP contribution in [0.4, 0.5) is 23.3 Å². The number of aromatic amines is 2. The van der Waals surface area contributed by atoms with Crippen LogP contribution in [0.2, 0.25) is 0 Å². The van der Waals surface area contributed by atoms with E-state index in [1.807, 2.05) is 0 Å². The molecule has 0 spiro atoms. The minimum Gasteiger partial charge on any atom is -0.462 e. The molecule has 5 aliphatic rings. The van der Waals surface area contributed by atoms with Crippen molar-refractivity contribution in [1.82, 2.24) is 15.3 Å². The van der Waals surface area contributed by atoms with Crippen LogP contribution in [0.1, 0.15) is 0 Å². The number of fused-ring (bicyclic) bond motifs is 18. The topological polar surface area (TPSA) is 108 Å². The number of hydrogen-bond acceptors (Lipinski definition) is 4. The van der Waals surface area contributed by atoms with Gasteiger partial charge in [-0.2, -0.15) is 0 Å². The largest absolute Gasteiger partial charge is 2.00 e. The quantitative estimate of drug-likeness (QED) is 0.123. The first-order valence-corrected chi connectivity index (χ1v) is 13.7. The molecule has 8 nitrogen and oxygen atoms in total. The van der Waals surface area contributed by atoms with Gasteiger partial charge in [0, 0.05) is 45.2 Å². The first-order valence-electron chi connectivity index (χ1n) is 13.7. The average molecular weight is 588 g/mol. The Bertz CT molecular complexity index is 1770. The molecule has 3 aliphatic heterocycles. The molecule has 2 aromatic carbocycles. The molecule has 9 heteroatoms. The summed E-state index contributed by atoms with van der Waals surface area (Å²) in [6.07, 6.45) is 16.8. The molecule has 4 atom stereocenters. The number of anilines is 3. The summed E-state index contributed by atoms with van der Waals surface area (Å²) in [5, 5.41) is 29.5. The molecule has 9 rings (SSSR count). The SMILES string of the molecule is C1=CC2=C3[N-]C([N-]c4[nH]c(c5ccccc45)NC4NC(=C5C=CC=CC54)Nc4[nH]c(c5ccccc45)N3)C2C=C1.[Zn+2]. The third-order valence-corrected chi connectivity index (χ3v) is 8.40. The van der Waals surface area contributed by atoms with Crippen molar-refractivity contribution in [2.24, 2.45) is 11.8 Å². The zero-order valence-corrected chi connectivity index (χ0v) is 25.1. The van der Waals surface area contributed by atoms with Crippen molar-refractivity contribution in [1.29, 1.82) is 0 Å². The molecule has 4 unspecified atom stereocenters. The maximum absolute atomic E-state index is 5.21. The standard InChI is InChI=1S/C32H26N8.Zn/c1-2-10-18-17(9-1)25-33-26(18)38-28-21-13-5-6-14-22(21)30(35-28)40-32-24-16-8-7-15-23(24)31(36-32)39-29-20-12-4-3-11-19(20)27(34-29)37-25;/h1-17,23,25,31,33-35,37-38,40H;/q-2;+2. The molecule has 5 heterocycles. The van der Waals surface area contributed by atoms with Gasteiger partial charge in [-0.1, -0.05) is 109 Å². The van der Waals surface area contributed by atoms with Gasteiger partial charge in [0.15, 0.2) is 0 Å². The van der Waals surface area contributed by atoms with Gasteiger partial charge in [0.1, 0.15) is 17.8 Å². The Morgan fingerprint density at radius 3 is 2.02 bits per heavy atom. The van der Waals surface area contributed by atoms with Gasteiger partial charge >= 0.3 is 19.5 Å². The molecule has 6 N–H and O–H groups in total. The van der Waals surface area contributed by atoms with E-state index < -0.39 is 0 Å². The van der Waals surface area contributed by atoms with Gasteiger partial charge in [-0.25, -0.2) is 0 Å². The molecule has 0 amide bonds. The monoisotopic (exact) mass is 586 g/mol. The van der Waals surface area contributed by atoms with E-state index in [0.717, 1.165) is 62.0 Å². The predicted molar refractivity (Wildman–Crippen MR) is 162 cm³/mol. The Labute approximate surface area is 249 Å². The second-order valence-corrected chi connectivity index (χ2v) is 10.7. The van der Waals surface area contributed by atoms with Crippen molar-refractivity contribution >= 4 is 44.8 Å². The van der Waals surface area contributed by atoms with Gasteiger partial charge in [-0.3, -0.25) is 0 Å². The molecule has 0 radical (unpaired) electrons. The van der Waals surface area contributed by atoms with Crippen molar-refractivity contribution < 1.29 is 19.5 Å². The number of nitrogens with one attached hydrogen (secondary N) is 6. The first kappa shape index (κ1) is 24.2. The van der Waals surface area contributed by atoms with Gasteiger partial charge in [-0.15, -0.1) is 0 Å². The smallest absolute Gasteiger partial charge is 0.462 e. The second kappa shape index (κ2) is 9.21. The van der Waals surface area contributed by atoms with Gasteiger partial charge in [0.05, 0.1) is 0 Å². The van der Waals surface area contributed by atoms with E-state index in [4.69, 9.17) is 10.6 Å². The number of rotatable bonds is 0. The van der Waals surface area contributed by atoms with Gasteiger partial charge < -0.3 is 41.9 Å². The van der Waals surface area contributed by atoms with E-state index >= 15 is 0 Å². The summed E-state index contributed by atoms with van der Waals surface area (Å²) in [6, 6.07) is 16.8. The number of aromatic nitrogens is 2. The Morgan fingerprint density at radius 2 is 1.24 bits per heavy atom. The zero-order chi connectivity index (χ0) is 26.2. The summed E-state index contributed by atoms with van der Waals surface area (Å²) in [4.78, 5) is 7.23. The normalized spacial score (nSPS) is 25.0. The summed E-state index contributed by atoms with van der Waals surface area (Å²) in [5.41, 5.74) is 2.34. The van der Waals surface area contributed by atoms with Crippen LogP contribution in [0.25, 0.3) is 32.2 Å². The fourth-order valence-corrected chi connectivity index (χ4v) is 6.50. The number of allylic oxidation sites excluding steroid dienone is 6. The second-order valence-electron chi connectivity index (χ2n) is 10.7. The van der Waals surface area contributed by atoms with Crippen molar-refractivity contribution in [2.45, 2.75) is 12.3 Å². The third-order valence-electron chi connectivity index (χ3n) is 8.40. The van der Waals surface area contributed by atoms with E-state index in [0.29, 0.717) is 0 Å². The van der Waals surface area contributed by atoms with Crippen molar-refractivity contribution in [3.8, 4) is 0 Å². The Balaban J connectivity index is 0.00000256. The third kappa shape index (κ3) is 3.69. The van der Waals surface area contributed by atoms with E-state index in [9.17, 15) is 0 Å². The van der Waals surface area contributed by atoms with Gasteiger partial charge in [0.25, 0.3) is 0 Å². The van der Waals surface area contributed by atoms with E-state index in [-0.39, 0.29) is 43.6 Å². The first-order chi connectivity index (χ1) is 19.8. The maximum atomic E-state index is 5.21. The fourth-order valence-electron chi connectivity index (χ4n) is 6.50. The molecule has 4 aromatic rings. The summed E-state index contributed by atoms with van der Waals surface area (Å²) >= 11 is 0. The minimum absolute atomic E-state index is 0. The molecule has 196 valence electrons. The summed E-state index contributed by atoms with van der Waals surface area (Å²) in [6.45, 7) is 0. The Kier molecular flexibility index (Phi) is 5.44. The van der Waals surface area contributed by atoms with E-state index in [2.05, 4.69) is 128 Å². The fraction of sp³-hybridized carbons (Fsp3) is 0.125. The number of benzene rings is 2. The predicted octanol–water partition coefficient (Wildman–Crippen LogP) is 7.15. The number of nitrogens with zero attached hydrogens (tertiary/aromatic N) is 2. The van der Waals surface area contributed by atoms with Crippen LogP contribution in [0, 0.1) is 11.8 Å².